The van der Waals surface area contributed by atoms with E-state index in [1.807, 2.05) is 42.7 Å². The quantitative estimate of drug-likeness (QED) is 0.191. The molecule has 43 heavy (non-hydrogen) atoms. The molecule has 1 aromatic carbocycles. The molecule has 6 rings (SSSR count). The second-order valence-electron chi connectivity index (χ2n) is 12.0. The zero-order valence-corrected chi connectivity index (χ0v) is 26.2. The molecule has 1 aliphatic carbocycles. The van der Waals surface area contributed by atoms with Crippen LogP contribution in [0.4, 0.5) is 10.2 Å². The lowest BCUT2D eigenvalue weighted by atomic mass is 10.0. The van der Waals surface area contributed by atoms with Crippen LogP contribution in [0.2, 0.25) is 0 Å². The number of halogens is 2. The van der Waals surface area contributed by atoms with E-state index in [1.165, 1.54) is 13.8 Å². The minimum atomic E-state index is -1.27. The van der Waals surface area contributed by atoms with Crippen molar-refractivity contribution in [1.82, 2.24) is 24.4 Å². The van der Waals surface area contributed by atoms with Crippen molar-refractivity contribution in [2.45, 2.75) is 72.3 Å². The van der Waals surface area contributed by atoms with Gasteiger partial charge in [0.15, 0.2) is 17.8 Å². The Bertz CT molecular complexity index is 1800. The molecule has 222 valence electrons. The van der Waals surface area contributed by atoms with Gasteiger partial charge < -0.3 is 14.8 Å². The monoisotopic (exact) mass is 646 g/mol. The van der Waals surface area contributed by atoms with Crippen LogP contribution in [0.15, 0.2) is 47.5 Å². The molecule has 3 aromatic heterocycles. The molecule has 1 saturated heterocycles. The smallest absolute Gasteiger partial charge is 0.248 e. The molecule has 2 amide bonds. The van der Waals surface area contributed by atoms with E-state index in [4.69, 9.17) is 0 Å². The van der Waals surface area contributed by atoms with Gasteiger partial charge in [-0.05, 0) is 96.8 Å². The summed E-state index contributed by atoms with van der Waals surface area (Å²) in [7, 11) is 0. The van der Waals surface area contributed by atoms with Crippen LogP contribution in [-0.4, -0.2) is 54.1 Å². The van der Waals surface area contributed by atoms with Gasteiger partial charge in [-0.15, -0.1) is 0 Å². The summed E-state index contributed by atoms with van der Waals surface area (Å²) in [6, 6.07) is 6.88. The van der Waals surface area contributed by atoms with Gasteiger partial charge in [-0.3, -0.25) is 14.4 Å². The number of benzene rings is 1. The SMILES string of the molecule is CC(=O)c1cn(CC(=O)N2[C@H](C(=O)Nc3nc(Br)ccc3C)C[C@@]3(C)C[C@@H]23)c2c(C)cc(-c3cnc(C(C)F)nc3)cc12. The third kappa shape index (κ3) is 5.24. The van der Waals surface area contributed by atoms with E-state index < -0.39 is 12.2 Å². The second kappa shape index (κ2) is 10.6. The average Bonchev–Trinajstić information content (AvgIpc) is 3.31. The Hall–Kier alpha value is -3.99. The molecule has 4 aromatic rings. The topological polar surface area (TPSA) is 110 Å². The molecule has 2 fully saturated rings. The average molecular weight is 648 g/mol. The molecule has 2 aliphatic rings. The van der Waals surface area contributed by atoms with Crippen LogP contribution in [0.25, 0.3) is 22.0 Å². The maximum Gasteiger partial charge on any atom is 0.248 e. The molecule has 0 spiro atoms. The highest BCUT2D eigenvalue weighted by atomic mass is 79.9. The number of hydrogen-bond acceptors (Lipinski definition) is 6. The number of hydrogen-bond donors (Lipinski definition) is 1. The van der Waals surface area contributed by atoms with E-state index >= 15 is 0 Å². The lowest BCUT2D eigenvalue weighted by molar-refractivity contribution is -0.138. The van der Waals surface area contributed by atoms with Gasteiger partial charge in [0, 0.05) is 41.1 Å². The van der Waals surface area contributed by atoms with Gasteiger partial charge in [-0.2, -0.15) is 0 Å². The van der Waals surface area contributed by atoms with Crippen molar-refractivity contribution in [2.75, 3.05) is 5.32 Å². The Kier molecular flexibility index (Phi) is 7.19. The van der Waals surface area contributed by atoms with E-state index in [0.29, 0.717) is 33.4 Å². The summed E-state index contributed by atoms with van der Waals surface area (Å²) in [5.41, 5.74) is 4.34. The number of alkyl halides is 1. The lowest BCUT2D eigenvalue weighted by Crippen LogP contribution is -2.46. The van der Waals surface area contributed by atoms with E-state index in [2.05, 4.69) is 43.1 Å². The van der Waals surface area contributed by atoms with E-state index in [1.54, 1.807) is 23.5 Å². The standard InChI is InChI=1S/C32H32BrFN6O3/c1-16-6-7-26(33)37-29(16)38-31(43)24-10-32(5)11-25(32)40(24)27(42)15-39-14-23(19(4)41)22-9-20(8-17(2)28(22)39)21-12-35-30(18(3)34)36-13-21/h6-9,12-14,18,24-25H,10-11,15H2,1-5H3,(H,37,38,43)/t18?,24-,25+,32-/m0/s1. The molecule has 1 saturated carbocycles. The number of amides is 2. The van der Waals surface area contributed by atoms with Crippen LogP contribution in [0.5, 0.6) is 0 Å². The number of anilines is 1. The molecule has 1 aliphatic heterocycles. The van der Waals surface area contributed by atoms with Crippen LogP contribution < -0.4 is 5.32 Å². The summed E-state index contributed by atoms with van der Waals surface area (Å²) in [6.45, 7) is 8.78. The highest BCUT2D eigenvalue weighted by molar-refractivity contribution is 9.10. The van der Waals surface area contributed by atoms with Crippen molar-refractivity contribution < 1.29 is 18.8 Å². The van der Waals surface area contributed by atoms with Crippen LogP contribution >= 0.6 is 15.9 Å². The number of ketones is 1. The largest absolute Gasteiger partial charge is 0.337 e. The molecule has 1 unspecified atom stereocenters. The third-order valence-electron chi connectivity index (χ3n) is 8.74. The number of aryl methyl sites for hydroxylation is 2. The first-order valence-electron chi connectivity index (χ1n) is 14.2. The Morgan fingerprint density at radius 3 is 2.51 bits per heavy atom. The maximum atomic E-state index is 14.0. The van der Waals surface area contributed by atoms with Crippen LogP contribution in [-0.2, 0) is 16.1 Å². The molecule has 4 heterocycles. The predicted octanol–water partition coefficient (Wildman–Crippen LogP) is 6.12. The number of nitrogens with one attached hydrogen (secondary N) is 1. The van der Waals surface area contributed by atoms with Gasteiger partial charge in [0.2, 0.25) is 11.8 Å². The second-order valence-corrected chi connectivity index (χ2v) is 12.9. The number of likely N-dealkylation sites (tertiary alicyclic amines) is 1. The fraction of sp³-hybridized carbons (Fsp3) is 0.375. The predicted molar refractivity (Wildman–Crippen MR) is 164 cm³/mol. The Balaban J connectivity index is 1.31. The van der Waals surface area contributed by atoms with Crippen LogP contribution in [0.3, 0.4) is 0 Å². The normalized spacial score (nSPS) is 21.5. The lowest BCUT2D eigenvalue weighted by Gasteiger charge is -2.27. The number of piperidine rings is 1. The van der Waals surface area contributed by atoms with E-state index in [0.717, 1.165) is 28.6 Å². The molecule has 0 bridgehead atoms. The van der Waals surface area contributed by atoms with Crippen molar-refractivity contribution in [3.05, 3.63) is 70.0 Å². The molecule has 0 radical (unpaired) electrons. The summed E-state index contributed by atoms with van der Waals surface area (Å²) in [5, 5.41) is 3.64. The summed E-state index contributed by atoms with van der Waals surface area (Å²) in [5.74, 6) is 0.0132. The van der Waals surface area contributed by atoms with Crippen molar-refractivity contribution >= 4 is 50.2 Å². The summed E-state index contributed by atoms with van der Waals surface area (Å²) < 4.78 is 16.0. The van der Waals surface area contributed by atoms with Gasteiger partial charge in [-0.1, -0.05) is 13.0 Å². The third-order valence-corrected chi connectivity index (χ3v) is 9.18. The fourth-order valence-corrected chi connectivity index (χ4v) is 6.65. The molecule has 11 heteroatoms. The number of pyridine rings is 1. The zero-order chi connectivity index (χ0) is 30.8. The van der Waals surface area contributed by atoms with Gasteiger partial charge in [0.25, 0.3) is 0 Å². The number of carbonyl (C=O) groups excluding carboxylic acids is 3. The summed E-state index contributed by atoms with van der Waals surface area (Å²) in [4.78, 5) is 54.6. The van der Waals surface area contributed by atoms with Gasteiger partial charge in [0.05, 0.1) is 5.52 Å². The molecule has 4 atom stereocenters. The Morgan fingerprint density at radius 1 is 1.12 bits per heavy atom. The van der Waals surface area contributed by atoms with Gasteiger partial charge in [0.1, 0.15) is 23.0 Å². The number of carbonyl (C=O) groups is 3. The first-order valence-corrected chi connectivity index (χ1v) is 15.0. The number of fused-ring (bicyclic) bond motifs is 2. The summed E-state index contributed by atoms with van der Waals surface area (Å²) >= 11 is 3.36. The number of nitrogens with zero attached hydrogens (tertiary/aromatic N) is 5. The minimum absolute atomic E-state index is 0.0101. The van der Waals surface area contributed by atoms with Crippen LogP contribution in [0, 0.1) is 19.3 Å². The fourth-order valence-electron chi connectivity index (χ4n) is 6.34. The van der Waals surface area contributed by atoms with E-state index in [9.17, 15) is 18.8 Å². The highest BCUT2D eigenvalue weighted by Gasteiger charge is 2.64. The highest BCUT2D eigenvalue weighted by Crippen LogP contribution is 2.59. The first-order chi connectivity index (χ1) is 20.4. The minimum Gasteiger partial charge on any atom is -0.337 e. The van der Waals surface area contributed by atoms with Crippen molar-refractivity contribution in [1.29, 1.82) is 0 Å². The Morgan fingerprint density at radius 2 is 1.84 bits per heavy atom. The summed E-state index contributed by atoms with van der Waals surface area (Å²) in [6.07, 6.45) is 5.03. The van der Waals surface area contributed by atoms with E-state index in [-0.39, 0.29) is 41.4 Å². The van der Waals surface area contributed by atoms with Crippen molar-refractivity contribution in [3.8, 4) is 11.1 Å². The van der Waals surface area contributed by atoms with Crippen LogP contribution in [0.1, 0.15) is 67.1 Å². The van der Waals surface area contributed by atoms with Gasteiger partial charge in [-0.25, -0.2) is 19.3 Å². The van der Waals surface area contributed by atoms with Crippen molar-refractivity contribution in [3.63, 3.8) is 0 Å². The first kappa shape index (κ1) is 29.1. The van der Waals surface area contributed by atoms with Gasteiger partial charge >= 0.3 is 0 Å². The zero-order valence-electron chi connectivity index (χ0n) is 24.6. The molecule has 1 N–H and O–H groups in total. The number of Topliss-reactive ketones (excluding diaryl/α,β-unsaturated/α-hetero) is 1. The molecule has 9 nitrogen and oxygen atoms in total. The molecular formula is C32H32BrFN6O3. The molecular weight excluding hydrogens is 615 g/mol. The van der Waals surface area contributed by atoms with Crippen molar-refractivity contribution in [2.24, 2.45) is 5.41 Å². The Labute approximate surface area is 257 Å². The maximum absolute atomic E-state index is 14.0. The number of aromatic nitrogens is 4. The number of rotatable bonds is 7.